The molecule has 1 heterocycles. The number of piperidine rings is 1. The quantitative estimate of drug-likeness (QED) is 0.476. The van der Waals surface area contributed by atoms with E-state index < -0.39 is 29.6 Å². The Bertz CT molecular complexity index is 882. The highest BCUT2D eigenvalue weighted by atomic mass is 19.4. The van der Waals surface area contributed by atoms with Crippen LogP contribution in [0.1, 0.15) is 56.9 Å². The molecule has 9 heteroatoms. The summed E-state index contributed by atoms with van der Waals surface area (Å²) in [7, 11) is 1.54. The molecule has 35 heavy (non-hydrogen) atoms. The Morgan fingerprint density at radius 2 is 1.83 bits per heavy atom. The number of amides is 1. The standard InChI is InChI=1S/C26H35F3N2O4/c1-18(31(24(33)26(27,28)29)22-15-21(22)19-7-4-3-5-8-19)25(16-34-2)11-13-30(14-12-25)17-35-23(32)20-9-6-10-20/h3-5,7-8,18,20-22H,6,9-17H2,1-2H3/t18?,21-,22+/m0/s1. The zero-order valence-electron chi connectivity index (χ0n) is 20.4. The minimum absolute atomic E-state index is 0.00503. The molecular formula is C26H35F3N2O4. The summed E-state index contributed by atoms with van der Waals surface area (Å²) >= 11 is 0. The molecule has 1 aromatic carbocycles. The summed E-state index contributed by atoms with van der Waals surface area (Å²) in [4.78, 5) is 27.9. The van der Waals surface area contributed by atoms with Gasteiger partial charge in [-0.05, 0) is 44.6 Å². The van der Waals surface area contributed by atoms with E-state index in [1.165, 1.54) is 0 Å². The maximum absolute atomic E-state index is 13.7. The number of nitrogens with zero attached hydrogens (tertiary/aromatic N) is 2. The van der Waals surface area contributed by atoms with E-state index in [9.17, 15) is 22.8 Å². The highest BCUT2D eigenvalue weighted by molar-refractivity contribution is 5.83. The molecule has 3 fully saturated rings. The Morgan fingerprint density at radius 1 is 1.17 bits per heavy atom. The molecule has 0 radical (unpaired) electrons. The van der Waals surface area contributed by atoms with Crippen LogP contribution < -0.4 is 0 Å². The molecule has 1 aliphatic heterocycles. The van der Waals surface area contributed by atoms with Gasteiger partial charge >= 0.3 is 18.1 Å². The van der Waals surface area contributed by atoms with Gasteiger partial charge in [0, 0.05) is 43.6 Å². The molecule has 2 aliphatic carbocycles. The lowest BCUT2D eigenvalue weighted by Gasteiger charge is -2.49. The van der Waals surface area contributed by atoms with Crippen LogP contribution >= 0.6 is 0 Å². The number of carbonyl (C=O) groups excluding carboxylic acids is 2. The van der Waals surface area contributed by atoms with E-state index in [0.29, 0.717) is 32.4 Å². The van der Waals surface area contributed by atoms with Crippen molar-refractivity contribution >= 4 is 11.9 Å². The fourth-order valence-corrected chi connectivity index (χ4v) is 5.62. The maximum Gasteiger partial charge on any atom is 0.471 e. The van der Waals surface area contributed by atoms with E-state index in [1.54, 1.807) is 14.0 Å². The first kappa shape index (κ1) is 25.9. The van der Waals surface area contributed by atoms with Gasteiger partial charge in [-0.1, -0.05) is 36.8 Å². The summed E-state index contributed by atoms with van der Waals surface area (Å²) in [5.74, 6) is -2.04. The van der Waals surface area contributed by atoms with Gasteiger partial charge in [-0.2, -0.15) is 13.2 Å². The highest BCUT2D eigenvalue weighted by Gasteiger charge is 2.57. The second kappa shape index (κ2) is 10.5. The number of alkyl halides is 3. The van der Waals surface area contributed by atoms with Crippen molar-refractivity contribution in [1.29, 1.82) is 0 Å². The summed E-state index contributed by atoms with van der Waals surface area (Å²) in [6.07, 6.45) is -0.519. The minimum Gasteiger partial charge on any atom is -0.449 e. The predicted octanol–water partition coefficient (Wildman–Crippen LogP) is 4.35. The number of rotatable bonds is 9. The number of halogens is 3. The third-order valence-electron chi connectivity index (χ3n) is 8.23. The van der Waals surface area contributed by atoms with Crippen LogP contribution in [-0.2, 0) is 19.1 Å². The van der Waals surface area contributed by atoms with Gasteiger partial charge in [-0.3, -0.25) is 14.5 Å². The Balaban J connectivity index is 1.46. The van der Waals surface area contributed by atoms with Gasteiger partial charge in [0.25, 0.3) is 0 Å². The fourth-order valence-electron chi connectivity index (χ4n) is 5.62. The third-order valence-corrected chi connectivity index (χ3v) is 8.23. The molecule has 1 unspecified atom stereocenters. The molecule has 194 valence electrons. The number of hydrogen-bond acceptors (Lipinski definition) is 5. The van der Waals surface area contributed by atoms with Crippen LogP contribution in [0.25, 0.3) is 0 Å². The number of likely N-dealkylation sites (tertiary alicyclic amines) is 1. The molecule has 2 saturated carbocycles. The van der Waals surface area contributed by atoms with E-state index >= 15 is 0 Å². The number of esters is 1. The van der Waals surface area contributed by atoms with Crippen LogP contribution in [0.2, 0.25) is 0 Å². The number of carbonyl (C=O) groups is 2. The van der Waals surface area contributed by atoms with Crippen molar-refractivity contribution in [2.45, 2.75) is 69.6 Å². The van der Waals surface area contributed by atoms with E-state index in [4.69, 9.17) is 9.47 Å². The summed E-state index contributed by atoms with van der Waals surface area (Å²) in [6.45, 7) is 3.30. The van der Waals surface area contributed by atoms with E-state index in [2.05, 4.69) is 0 Å². The van der Waals surface area contributed by atoms with Crippen LogP contribution in [0.15, 0.2) is 30.3 Å². The van der Waals surface area contributed by atoms with Crippen molar-refractivity contribution in [1.82, 2.24) is 9.80 Å². The second-order valence-corrected chi connectivity index (χ2v) is 10.3. The lowest BCUT2D eigenvalue weighted by molar-refractivity contribution is -0.193. The van der Waals surface area contributed by atoms with Gasteiger partial charge in [0.05, 0.1) is 12.5 Å². The number of methoxy groups -OCH3 is 1. The van der Waals surface area contributed by atoms with Crippen LogP contribution in [-0.4, -0.2) is 73.5 Å². The molecular weight excluding hydrogens is 461 g/mol. The van der Waals surface area contributed by atoms with Crippen molar-refractivity contribution in [3.8, 4) is 0 Å². The first-order valence-electron chi connectivity index (χ1n) is 12.5. The van der Waals surface area contributed by atoms with Crippen molar-refractivity contribution in [3.63, 3.8) is 0 Å². The molecule has 1 aromatic rings. The van der Waals surface area contributed by atoms with Gasteiger partial charge in [0.2, 0.25) is 0 Å². The molecule has 1 amide bonds. The van der Waals surface area contributed by atoms with Crippen molar-refractivity contribution in [2.24, 2.45) is 11.3 Å². The topological polar surface area (TPSA) is 59.1 Å². The Labute approximate surface area is 204 Å². The lowest BCUT2D eigenvalue weighted by atomic mass is 9.72. The monoisotopic (exact) mass is 496 g/mol. The van der Waals surface area contributed by atoms with Gasteiger partial charge in [-0.15, -0.1) is 0 Å². The molecule has 0 N–H and O–H groups in total. The van der Waals surface area contributed by atoms with Gasteiger partial charge in [-0.25, -0.2) is 0 Å². The predicted molar refractivity (Wildman–Crippen MR) is 123 cm³/mol. The van der Waals surface area contributed by atoms with Gasteiger partial charge < -0.3 is 14.4 Å². The normalized spacial score (nSPS) is 25.4. The van der Waals surface area contributed by atoms with Crippen molar-refractivity contribution in [3.05, 3.63) is 35.9 Å². The first-order chi connectivity index (χ1) is 16.7. The zero-order chi connectivity index (χ0) is 25.2. The van der Waals surface area contributed by atoms with Crippen LogP contribution in [0.4, 0.5) is 13.2 Å². The highest BCUT2D eigenvalue weighted by Crippen LogP contribution is 2.50. The molecule has 3 aliphatic rings. The van der Waals surface area contributed by atoms with Crippen molar-refractivity contribution < 1.29 is 32.2 Å². The largest absolute Gasteiger partial charge is 0.471 e. The third kappa shape index (κ3) is 5.66. The van der Waals surface area contributed by atoms with Crippen molar-refractivity contribution in [2.75, 3.05) is 33.5 Å². The molecule has 6 nitrogen and oxygen atoms in total. The van der Waals surface area contributed by atoms with E-state index in [1.807, 2.05) is 35.2 Å². The molecule has 4 rings (SSSR count). The smallest absolute Gasteiger partial charge is 0.449 e. The summed E-state index contributed by atoms with van der Waals surface area (Å²) in [6, 6.07) is 8.26. The number of benzene rings is 1. The summed E-state index contributed by atoms with van der Waals surface area (Å²) in [5, 5.41) is 0. The van der Waals surface area contributed by atoms with Crippen LogP contribution in [0, 0.1) is 11.3 Å². The average molecular weight is 497 g/mol. The van der Waals surface area contributed by atoms with E-state index in [-0.39, 0.29) is 31.1 Å². The van der Waals surface area contributed by atoms with E-state index in [0.717, 1.165) is 29.7 Å². The zero-order valence-corrected chi connectivity index (χ0v) is 20.4. The Kier molecular flexibility index (Phi) is 7.76. The summed E-state index contributed by atoms with van der Waals surface area (Å²) < 4.78 is 52.1. The number of hydrogen-bond donors (Lipinski definition) is 0. The van der Waals surface area contributed by atoms with Crippen LogP contribution in [0.5, 0.6) is 0 Å². The lowest BCUT2D eigenvalue weighted by Crippen LogP contribution is -2.58. The molecule has 1 saturated heterocycles. The minimum atomic E-state index is -4.94. The van der Waals surface area contributed by atoms with Gasteiger partial charge in [0.15, 0.2) is 0 Å². The Morgan fingerprint density at radius 3 is 2.37 bits per heavy atom. The molecule has 3 atom stereocenters. The summed E-state index contributed by atoms with van der Waals surface area (Å²) in [5.41, 5.74) is 0.335. The number of ether oxygens (including phenoxy) is 2. The van der Waals surface area contributed by atoms with Gasteiger partial charge in [0.1, 0.15) is 6.73 Å². The second-order valence-electron chi connectivity index (χ2n) is 10.3. The molecule has 0 aromatic heterocycles. The average Bonchev–Trinajstić information content (AvgIpc) is 3.58. The molecule has 0 bridgehead atoms. The van der Waals surface area contributed by atoms with Crippen LogP contribution in [0.3, 0.4) is 0 Å². The Hall–Kier alpha value is -2.13. The SMILES string of the molecule is COCC1(C(C)N(C(=O)C(F)(F)F)[C@@H]2C[C@H]2c2ccccc2)CCN(COC(=O)C2CCC2)CC1. The fraction of sp³-hybridized carbons (Fsp3) is 0.692. The first-order valence-corrected chi connectivity index (χ1v) is 12.5. The molecule has 0 spiro atoms. The maximum atomic E-state index is 13.7.